The van der Waals surface area contributed by atoms with Crippen LogP contribution < -0.4 is 5.32 Å². The molecule has 182 valence electrons. The summed E-state index contributed by atoms with van der Waals surface area (Å²) >= 11 is 0. The molecule has 5 rings (SSSR count). The average Bonchev–Trinajstić information content (AvgIpc) is 2.88. The van der Waals surface area contributed by atoms with Crippen molar-refractivity contribution in [3.63, 3.8) is 0 Å². The van der Waals surface area contributed by atoms with Crippen molar-refractivity contribution in [3.8, 4) is 0 Å². The van der Waals surface area contributed by atoms with Crippen LogP contribution in [-0.2, 0) is 11.2 Å². The molecule has 1 saturated heterocycles. The molecule has 0 radical (unpaired) electrons. The number of nitrogens with zero attached hydrogens (tertiary/aromatic N) is 2. The van der Waals surface area contributed by atoms with E-state index in [0.29, 0.717) is 6.54 Å². The zero-order chi connectivity index (χ0) is 24.2. The van der Waals surface area contributed by atoms with Crippen LogP contribution in [0.4, 0.5) is 8.78 Å². The molecule has 1 N–H and O–H groups in total. The number of hydrogen-bond donors (Lipinski definition) is 1. The van der Waals surface area contributed by atoms with Gasteiger partial charge in [0.1, 0.15) is 11.6 Å². The molecular formula is C29H31F2N3O. The first kappa shape index (κ1) is 23.6. The minimum Gasteiger partial charge on any atom is -0.348 e. The Morgan fingerprint density at radius 1 is 0.857 bits per heavy atom. The number of aryl methyl sites for hydroxylation is 1. The van der Waals surface area contributed by atoms with Crippen LogP contribution in [0.5, 0.6) is 0 Å². The third kappa shape index (κ3) is 5.60. The largest absolute Gasteiger partial charge is 0.348 e. The van der Waals surface area contributed by atoms with Crippen LogP contribution in [0.3, 0.4) is 0 Å². The number of amides is 1. The van der Waals surface area contributed by atoms with E-state index in [9.17, 15) is 13.6 Å². The maximum Gasteiger partial charge on any atom is 0.234 e. The Labute approximate surface area is 205 Å². The lowest BCUT2D eigenvalue weighted by atomic mass is 9.88. The maximum atomic E-state index is 13.6. The van der Waals surface area contributed by atoms with Crippen molar-refractivity contribution in [2.75, 3.05) is 32.7 Å². The number of benzene rings is 3. The van der Waals surface area contributed by atoms with Gasteiger partial charge in [-0.05, 0) is 65.8 Å². The first-order chi connectivity index (χ1) is 17.1. The monoisotopic (exact) mass is 475 g/mol. The van der Waals surface area contributed by atoms with Crippen molar-refractivity contribution in [2.24, 2.45) is 0 Å². The average molecular weight is 476 g/mol. The molecule has 4 nitrogen and oxygen atoms in total. The fourth-order valence-electron chi connectivity index (χ4n) is 5.43. The molecule has 0 aromatic heterocycles. The Hall–Kier alpha value is -3.09. The van der Waals surface area contributed by atoms with Gasteiger partial charge in [-0.15, -0.1) is 0 Å². The predicted octanol–water partition coefficient (Wildman–Crippen LogP) is 4.87. The van der Waals surface area contributed by atoms with Crippen LogP contribution in [0.15, 0.2) is 72.8 Å². The van der Waals surface area contributed by atoms with Crippen LogP contribution >= 0.6 is 0 Å². The quantitative estimate of drug-likeness (QED) is 0.553. The van der Waals surface area contributed by atoms with E-state index in [1.807, 2.05) is 6.07 Å². The van der Waals surface area contributed by atoms with Gasteiger partial charge < -0.3 is 5.32 Å². The Bertz CT molecular complexity index is 1100. The molecule has 1 heterocycles. The van der Waals surface area contributed by atoms with Crippen molar-refractivity contribution in [2.45, 2.75) is 31.3 Å². The third-order valence-corrected chi connectivity index (χ3v) is 7.22. The number of carbonyl (C=O) groups excluding carboxylic acids is 1. The second kappa shape index (κ2) is 10.7. The molecule has 35 heavy (non-hydrogen) atoms. The third-order valence-electron chi connectivity index (χ3n) is 7.22. The molecule has 3 aromatic carbocycles. The minimum absolute atomic E-state index is 0.0637. The smallest absolute Gasteiger partial charge is 0.234 e. The molecule has 2 aliphatic rings. The molecule has 0 bridgehead atoms. The first-order valence-corrected chi connectivity index (χ1v) is 12.4. The summed E-state index contributed by atoms with van der Waals surface area (Å²) in [6.45, 7) is 3.42. The first-order valence-electron chi connectivity index (χ1n) is 12.4. The SMILES string of the molecule is O=C(CN1CCN(C(c2ccc(F)cc2)c2ccc(F)cc2)CC1)N[C@H]1CCCc2ccccc21. The second-order valence-corrected chi connectivity index (χ2v) is 9.53. The van der Waals surface area contributed by atoms with Crippen molar-refractivity contribution in [3.05, 3.63) is 107 Å². The molecule has 1 aliphatic carbocycles. The summed E-state index contributed by atoms with van der Waals surface area (Å²) in [4.78, 5) is 17.4. The number of rotatable bonds is 6. The summed E-state index contributed by atoms with van der Waals surface area (Å²) < 4.78 is 27.1. The number of carbonyl (C=O) groups is 1. The summed E-state index contributed by atoms with van der Waals surface area (Å²) in [5, 5.41) is 3.25. The summed E-state index contributed by atoms with van der Waals surface area (Å²) in [7, 11) is 0. The Balaban J connectivity index is 1.22. The molecular weight excluding hydrogens is 444 g/mol. The molecule has 0 unspecified atom stereocenters. The van der Waals surface area contributed by atoms with Crippen molar-refractivity contribution in [1.29, 1.82) is 0 Å². The van der Waals surface area contributed by atoms with E-state index in [-0.39, 0.29) is 29.6 Å². The summed E-state index contributed by atoms with van der Waals surface area (Å²) in [5.41, 5.74) is 4.53. The van der Waals surface area contributed by atoms with Crippen LogP contribution in [0.2, 0.25) is 0 Å². The van der Waals surface area contributed by atoms with Crippen LogP contribution in [-0.4, -0.2) is 48.4 Å². The summed E-state index contributed by atoms with van der Waals surface area (Å²) in [5.74, 6) is -0.486. The Morgan fingerprint density at radius 3 is 2.09 bits per heavy atom. The summed E-state index contributed by atoms with van der Waals surface area (Å²) in [6.07, 6.45) is 3.15. The highest BCUT2D eigenvalue weighted by atomic mass is 19.1. The van der Waals surface area contributed by atoms with Crippen LogP contribution in [0.25, 0.3) is 0 Å². The molecule has 3 aromatic rings. The summed E-state index contributed by atoms with van der Waals surface area (Å²) in [6, 6.07) is 21.5. The molecule has 1 atom stereocenters. The molecule has 6 heteroatoms. The lowest BCUT2D eigenvalue weighted by Crippen LogP contribution is -2.50. The number of hydrogen-bond acceptors (Lipinski definition) is 3. The van der Waals surface area contributed by atoms with Crippen LogP contribution in [0.1, 0.15) is 47.2 Å². The molecule has 1 aliphatic heterocycles. The van der Waals surface area contributed by atoms with Gasteiger partial charge in [-0.2, -0.15) is 0 Å². The zero-order valence-corrected chi connectivity index (χ0v) is 19.8. The van der Waals surface area contributed by atoms with E-state index in [0.717, 1.165) is 56.6 Å². The number of fused-ring (bicyclic) bond motifs is 1. The van der Waals surface area contributed by atoms with Gasteiger partial charge in [-0.3, -0.25) is 14.6 Å². The highest BCUT2D eigenvalue weighted by molar-refractivity contribution is 5.78. The molecule has 1 fully saturated rings. The second-order valence-electron chi connectivity index (χ2n) is 9.53. The van der Waals surface area contributed by atoms with E-state index in [2.05, 4.69) is 33.3 Å². The van der Waals surface area contributed by atoms with E-state index < -0.39 is 0 Å². The van der Waals surface area contributed by atoms with E-state index in [1.54, 1.807) is 24.3 Å². The van der Waals surface area contributed by atoms with Crippen LogP contribution in [0, 0.1) is 11.6 Å². The highest BCUT2D eigenvalue weighted by Gasteiger charge is 2.28. The van der Waals surface area contributed by atoms with Gasteiger partial charge in [0.05, 0.1) is 18.6 Å². The minimum atomic E-state index is -0.275. The molecule has 1 amide bonds. The number of halogens is 2. The Morgan fingerprint density at radius 2 is 1.46 bits per heavy atom. The van der Waals surface area contributed by atoms with Crippen molar-refractivity contribution >= 4 is 5.91 Å². The molecule has 0 spiro atoms. The molecule has 0 saturated carbocycles. The van der Waals surface area contributed by atoms with Crippen molar-refractivity contribution < 1.29 is 13.6 Å². The van der Waals surface area contributed by atoms with Gasteiger partial charge >= 0.3 is 0 Å². The van der Waals surface area contributed by atoms with Crippen molar-refractivity contribution in [1.82, 2.24) is 15.1 Å². The maximum absolute atomic E-state index is 13.6. The van der Waals surface area contributed by atoms with Gasteiger partial charge in [0, 0.05) is 26.2 Å². The fourth-order valence-corrected chi connectivity index (χ4v) is 5.43. The highest BCUT2D eigenvalue weighted by Crippen LogP contribution is 2.31. The van der Waals surface area contributed by atoms with E-state index in [4.69, 9.17) is 0 Å². The normalized spacial score (nSPS) is 18.9. The Kier molecular flexibility index (Phi) is 7.21. The lowest BCUT2D eigenvalue weighted by molar-refractivity contribution is -0.123. The lowest BCUT2D eigenvalue weighted by Gasteiger charge is -2.39. The van der Waals surface area contributed by atoms with Gasteiger partial charge in [0.25, 0.3) is 0 Å². The van der Waals surface area contributed by atoms with Gasteiger partial charge in [-0.1, -0.05) is 48.5 Å². The predicted molar refractivity (Wildman–Crippen MR) is 133 cm³/mol. The van der Waals surface area contributed by atoms with E-state index >= 15 is 0 Å². The van der Waals surface area contributed by atoms with Gasteiger partial charge in [0.15, 0.2) is 0 Å². The zero-order valence-electron chi connectivity index (χ0n) is 19.8. The van der Waals surface area contributed by atoms with E-state index in [1.165, 1.54) is 35.4 Å². The van der Waals surface area contributed by atoms with Gasteiger partial charge in [-0.25, -0.2) is 8.78 Å². The topological polar surface area (TPSA) is 35.6 Å². The fraction of sp³-hybridized carbons (Fsp3) is 0.345. The number of nitrogens with one attached hydrogen (secondary N) is 1. The number of piperazine rings is 1. The standard InChI is InChI=1S/C29H31F2N3O/c30-24-12-8-22(9-13-24)29(23-10-14-25(31)15-11-23)34-18-16-33(17-19-34)20-28(35)32-27-7-3-5-21-4-1-2-6-26(21)27/h1-2,4,6,8-15,27,29H,3,5,7,16-20H2,(H,32,35)/t27-/m0/s1. The van der Waals surface area contributed by atoms with Gasteiger partial charge in [0.2, 0.25) is 5.91 Å².